The maximum Gasteiger partial charge on any atom is 0.282 e. The highest BCUT2D eigenvalue weighted by atomic mass is 16.2. The van der Waals surface area contributed by atoms with Crippen LogP contribution in [-0.2, 0) is 9.59 Å². The van der Waals surface area contributed by atoms with Gasteiger partial charge in [0.1, 0.15) is 5.70 Å². The summed E-state index contributed by atoms with van der Waals surface area (Å²) < 4.78 is 0. The van der Waals surface area contributed by atoms with Crippen LogP contribution in [-0.4, -0.2) is 54.8 Å². The molecule has 0 atom stereocenters. The highest BCUT2D eigenvalue weighted by Gasteiger charge is 2.43. The van der Waals surface area contributed by atoms with Crippen LogP contribution in [0.1, 0.15) is 35.1 Å². The van der Waals surface area contributed by atoms with Crippen molar-refractivity contribution in [2.45, 2.75) is 39.7 Å². The first-order valence-corrected chi connectivity index (χ1v) is 11.0. The fourth-order valence-corrected chi connectivity index (χ4v) is 4.57. The van der Waals surface area contributed by atoms with Crippen LogP contribution in [0.5, 0.6) is 0 Å². The molecule has 0 radical (unpaired) electrons. The molecule has 0 N–H and O–H groups in total. The molecule has 0 spiro atoms. The maximum atomic E-state index is 13.8. The van der Waals surface area contributed by atoms with Gasteiger partial charge in [-0.15, -0.1) is 0 Å². The first-order chi connectivity index (χ1) is 14.8. The summed E-state index contributed by atoms with van der Waals surface area (Å²) in [4.78, 5) is 33.2. The third kappa shape index (κ3) is 3.90. The fraction of sp³-hybridized carbons (Fsp3) is 0.385. The lowest BCUT2D eigenvalue weighted by Crippen LogP contribution is -2.43. The number of imide groups is 1. The predicted molar refractivity (Wildman–Crippen MR) is 125 cm³/mol. The number of carbonyl (C=O) groups is 2. The molecule has 2 aromatic carbocycles. The Balaban J connectivity index is 1.81. The molecule has 5 heteroatoms. The molecule has 2 aliphatic heterocycles. The summed E-state index contributed by atoms with van der Waals surface area (Å²) in [5.74, 6) is -0.465. The van der Waals surface area contributed by atoms with Gasteiger partial charge in [-0.25, -0.2) is 4.90 Å². The second-order valence-corrected chi connectivity index (χ2v) is 8.97. The lowest BCUT2D eigenvalue weighted by molar-refractivity contribution is -0.120. The maximum absolute atomic E-state index is 13.8. The lowest BCUT2D eigenvalue weighted by atomic mass is 9.99. The smallest absolute Gasteiger partial charge is 0.282 e. The van der Waals surface area contributed by atoms with Gasteiger partial charge in [-0.1, -0.05) is 42.0 Å². The Morgan fingerprint density at radius 2 is 1.48 bits per heavy atom. The summed E-state index contributed by atoms with van der Waals surface area (Å²) >= 11 is 0. The number of rotatable bonds is 4. The van der Waals surface area contributed by atoms with Gasteiger partial charge in [0.05, 0.1) is 11.3 Å². The summed E-state index contributed by atoms with van der Waals surface area (Å²) in [5.41, 5.74) is 5.56. The van der Waals surface area contributed by atoms with E-state index < -0.39 is 0 Å². The number of carbonyl (C=O) groups excluding carboxylic acids is 2. The third-order valence-corrected chi connectivity index (χ3v) is 6.59. The molecular formula is C26H31N3O2. The number of hydrogen-bond acceptors (Lipinski definition) is 4. The van der Waals surface area contributed by atoms with Gasteiger partial charge in [0, 0.05) is 13.1 Å². The first-order valence-electron chi connectivity index (χ1n) is 11.0. The highest BCUT2D eigenvalue weighted by molar-refractivity contribution is 6.45. The number of nitrogens with zero attached hydrogens (tertiary/aromatic N) is 3. The number of anilines is 1. The lowest BCUT2D eigenvalue weighted by Gasteiger charge is -2.36. The van der Waals surface area contributed by atoms with Gasteiger partial charge in [-0.2, -0.15) is 0 Å². The molecule has 162 valence electrons. The average molecular weight is 418 g/mol. The van der Waals surface area contributed by atoms with Crippen LogP contribution in [0.15, 0.2) is 48.2 Å². The van der Waals surface area contributed by atoms with Crippen molar-refractivity contribution >= 4 is 23.1 Å². The van der Waals surface area contributed by atoms with Crippen LogP contribution in [0.25, 0.3) is 5.57 Å². The molecule has 2 aromatic rings. The van der Waals surface area contributed by atoms with Crippen molar-refractivity contribution in [3.63, 3.8) is 0 Å². The second kappa shape index (κ2) is 8.31. The molecule has 31 heavy (non-hydrogen) atoms. The summed E-state index contributed by atoms with van der Waals surface area (Å²) in [6, 6.07) is 14.0. The van der Waals surface area contributed by atoms with Crippen LogP contribution in [0, 0.1) is 20.8 Å². The fourth-order valence-electron chi connectivity index (χ4n) is 4.57. The second-order valence-electron chi connectivity index (χ2n) is 8.97. The van der Waals surface area contributed by atoms with Gasteiger partial charge in [0.2, 0.25) is 0 Å². The van der Waals surface area contributed by atoms with E-state index in [1.165, 1.54) is 4.90 Å². The van der Waals surface area contributed by atoms with Crippen LogP contribution in [0.4, 0.5) is 5.69 Å². The minimum atomic E-state index is -0.239. The average Bonchev–Trinajstić information content (AvgIpc) is 3.00. The largest absolute Gasteiger partial charge is 0.366 e. The predicted octanol–water partition coefficient (Wildman–Crippen LogP) is 3.92. The monoisotopic (exact) mass is 417 g/mol. The van der Waals surface area contributed by atoms with E-state index in [0.717, 1.165) is 48.2 Å². The number of piperidine rings is 1. The quantitative estimate of drug-likeness (QED) is 0.708. The Morgan fingerprint density at radius 1 is 0.871 bits per heavy atom. The van der Waals surface area contributed by atoms with Gasteiger partial charge >= 0.3 is 0 Å². The topological polar surface area (TPSA) is 43.9 Å². The van der Waals surface area contributed by atoms with Crippen molar-refractivity contribution in [2.75, 3.05) is 32.1 Å². The number of aryl methyl sites for hydroxylation is 3. The Labute approximate surface area is 184 Å². The first kappa shape index (κ1) is 21.3. The van der Waals surface area contributed by atoms with E-state index >= 15 is 0 Å². The molecule has 2 heterocycles. The molecule has 0 saturated carbocycles. The summed E-state index contributed by atoms with van der Waals surface area (Å²) in [7, 11) is 4.09. The summed E-state index contributed by atoms with van der Waals surface area (Å²) in [6.07, 6.45) is 1.95. The van der Waals surface area contributed by atoms with Crippen LogP contribution < -0.4 is 4.90 Å². The highest BCUT2D eigenvalue weighted by Crippen LogP contribution is 2.37. The van der Waals surface area contributed by atoms with E-state index in [-0.39, 0.29) is 17.9 Å². The van der Waals surface area contributed by atoms with Crippen molar-refractivity contribution in [3.8, 4) is 0 Å². The molecule has 0 bridgehead atoms. The van der Waals surface area contributed by atoms with Gasteiger partial charge in [0.25, 0.3) is 11.8 Å². The zero-order chi connectivity index (χ0) is 22.3. The Bertz CT molecular complexity index is 1050. The number of benzene rings is 2. The Hall–Kier alpha value is -2.92. The minimum absolute atomic E-state index is 0.226. The number of likely N-dealkylation sites (tertiary alicyclic amines) is 1. The van der Waals surface area contributed by atoms with Gasteiger partial charge in [0.15, 0.2) is 0 Å². The van der Waals surface area contributed by atoms with Crippen molar-refractivity contribution in [3.05, 3.63) is 70.4 Å². The van der Waals surface area contributed by atoms with E-state index in [9.17, 15) is 9.59 Å². The molecule has 0 aromatic heterocycles. The zero-order valence-electron chi connectivity index (χ0n) is 19.1. The molecule has 4 rings (SSSR count). The van der Waals surface area contributed by atoms with Crippen molar-refractivity contribution in [1.29, 1.82) is 0 Å². The van der Waals surface area contributed by atoms with Gasteiger partial charge in [-0.05, 0) is 76.5 Å². The minimum Gasteiger partial charge on any atom is -0.366 e. The van der Waals surface area contributed by atoms with Gasteiger partial charge in [-0.3, -0.25) is 9.59 Å². The molecule has 1 fully saturated rings. The number of amides is 2. The van der Waals surface area contributed by atoms with Gasteiger partial charge < -0.3 is 9.80 Å². The van der Waals surface area contributed by atoms with Crippen molar-refractivity contribution < 1.29 is 9.59 Å². The number of hydrogen-bond donors (Lipinski definition) is 0. The standard InChI is InChI=1S/C26H31N3O2/c1-17-7-10-20(11-8-17)23-24(28(5)21-12-14-27(4)15-13-21)26(31)29(25(23)30)22-16-18(2)6-9-19(22)3/h6-11,16,21H,12-15H2,1-5H3. The molecule has 1 saturated heterocycles. The summed E-state index contributed by atoms with van der Waals surface area (Å²) in [5, 5.41) is 0. The van der Waals surface area contributed by atoms with Crippen molar-refractivity contribution in [2.24, 2.45) is 0 Å². The molecule has 0 aliphatic carbocycles. The Kier molecular flexibility index (Phi) is 5.71. The summed E-state index contributed by atoms with van der Waals surface area (Å²) in [6.45, 7) is 7.93. The Morgan fingerprint density at radius 3 is 2.13 bits per heavy atom. The van der Waals surface area contributed by atoms with E-state index in [1.54, 1.807) is 0 Å². The van der Waals surface area contributed by atoms with Crippen LogP contribution in [0.3, 0.4) is 0 Å². The van der Waals surface area contributed by atoms with E-state index in [2.05, 4.69) is 16.8 Å². The van der Waals surface area contributed by atoms with Crippen LogP contribution in [0.2, 0.25) is 0 Å². The number of likely N-dealkylation sites (N-methyl/N-ethyl adjacent to an activating group) is 1. The zero-order valence-corrected chi connectivity index (χ0v) is 19.1. The molecule has 2 amide bonds. The molecule has 0 unspecified atom stereocenters. The molecule has 5 nitrogen and oxygen atoms in total. The van der Waals surface area contributed by atoms with Crippen LogP contribution >= 0.6 is 0 Å². The SMILES string of the molecule is Cc1ccc(C2=C(N(C)C3CCN(C)CC3)C(=O)N(c3cc(C)ccc3C)C2=O)cc1. The normalized spacial score (nSPS) is 18.3. The molecular weight excluding hydrogens is 386 g/mol. The van der Waals surface area contributed by atoms with E-state index in [1.807, 2.05) is 70.3 Å². The molecule has 2 aliphatic rings. The van der Waals surface area contributed by atoms with Crippen molar-refractivity contribution in [1.82, 2.24) is 9.80 Å². The van der Waals surface area contributed by atoms with E-state index in [0.29, 0.717) is 17.0 Å². The third-order valence-electron chi connectivity index (χ3n) is 6.59. The van der Waals surface area contributed by atoms with E-state index in [4.69, 9.17) is 0 Å².